The minimum Gasteiger partial charge on any atom is -0.408 e. The Labute approximate surface area is 77.1 Å². The van der Waals surface area contributed by atoms with Crippen molar-refractivity contribution in [3.8, 4) is 0 Å². The van der Waals surface area contributed by atoms with Crippen LogP contribution in [0, 0.1) is 0 Å². The predicted molar refractivity (Wildman–Crippen MR) is 51.2 cm³/mol. The molecule has 0 aromatic heterocycles. The van der Waals surface area contributed by atoms with Crippen molar-refractivity contribution in [2.75, 3.05) is 0 Å². The highest BCUT2D eigenvalue weighted by atomic mass is 16.4. The minimum atomic E-state index is -1.41. The van der Waals surface area contributed by atoms with Gasteiger partial charge in [0.15, 0.2) is 0 Å². The maximum Gasteiger partial charge on any atom is 0.587 e. The van der Waals surface area contributed by atoms with E-state index in [2.05, 4.69) is 0 Å². The van der Waals surface area contributed by atoms with Crippen molar-refractivity contribution in [1.82, 2.24) is 4.81 Å². The molecule has 1 aliphatic rings. The van der Waals surface area contributed by atoms with Crippen LogP contribution in [-0.4, -0.2) is 22.1 Å². The molecule has 0 saturated heterocycles. The van der Waals surface area contributed by atoms with Crippen molar-refractivity contribution in [3.05, 3.63) is 41.6 Å². The topological polar surface area (TPSA) is 43.7 Å². The average Bonchev–Trinajstić information content (AvgIpc) is 2.17. The lowest BCUT2D eigenvalue weighted by atomic mass is 9.98. The zero-order valence-corrected chi connectivity index (χ0v) is 7.09. The molecule has 2 N–H and O–H groups in total. The van der Waals surface area contributed by atoms with Gasteiger partial charge in [-0.25, -0.2) is 0 Å². The molecular formula is C9H10BNO2. The lowest BCUT2D eigenvalue weighted by Crippen LogP contribution is -2.36. The lowest BCUT2D eigenvalue weighted by molar-refractivity contribution is 0.311. The van der Waals surface area contributed by atoms with Gasteiger partial charge in [-0.05, 0) is 23.4 Å². The van der Waals surface area contributed by atoms with Gasteiger partial charge in [-0.15, -0.1) is 0 Å². The first kappa shape index (κ1) is 8.35. The van der Waals surface area contributed by atoms with E-state index >= 15 is 0 Å². The van der Waals surface area contributed by atoms with Gasteiger partial charge in [-0.3, -0.25) is 0 Å². The van der Waals surface area contributed by atoms with E-state index in [4.69, 9.17) is 10.0 Å². The van der Waals surface area contributed by atoms with Gasteiger partial charge in [-0.1, -0.05) is 24.3 Å². The third kappa shape index (κ3) is 1.59. The minimum absolute atomic E-state index is 0.546. The van der Waals surface area contributed by atoms with Gasteiger partial charge in [0.1, 0.15) is 0 Å². The summed E-state index contributed by atoms with van der Waals surface area (Å²) in [5.74, 6) is 0. The van der Waals surface area contributed by atoms with Crippen molar-refractivity contribution >= 4 is 13.3 Å². The summed E-state index contributed by atoms with van der Waals surface area (Å²) < 4.78 is 0. The zero-order chi connectivity index (χ0) is 9.26. The maximum absolute atomic E-state index is 8.93. The Morgan fingerprint density at radius 1 is 1.23 bits per heavy atom. The highest BCUT2D eigenvalue weighted by molar-refractivity contribution is 6.38. The Morgan fingerprint density at radius 2 is 2.00 bits per heavy atom. The molecule has 0 bridgehead atoms. The fourth-order valence-electron chi connectivity index (χ4n) is 1.42. The molecule has 1 aliphatic heterocycles. The summed E-state index contributed by atoms with van der Waals surface area (Å²) in [5.41, 5.74) is 2.25. The van der Waals surface area contributed by atoms with Crippen LogP contribution in [0.1, 0.15) is 11.1 Å². The second-order valence-electron chi connectivity index (χ2n) is 3.03. The smallest absolute Gasteiger partial charge is 0.408 e. The zero-order valence-electron chi connectivity index (χ0n) is 7.09. The molecule has 0 radical (unpaired) electrons. The van der Waals surface area contributed by atoms with Crippen LogP contribution in [0.3, 0.4) is 0 Å². The van der Waals surface area contributed by atoms with E-state index in [1.54, 1.807) is 6.20 Å². The van der Waals surface area contributed by atoms with Crippen molar-refractivity contribution in [3.63, 3.8) is 0 Å². The number of nitrogens with zero attached hydrogens (tertiary/aromatic N) is 1. The molecule has 1 aromatic rings. The number of fused-ring (bicyclic) bond motifs is 1. The molecule has 13 heavy (non-hydrogen) atoms. The second-order valence-corrected chi connectivity index (χ2v) is 3.03. The molecule has 66 valence electrons. The third-order valence-electron chi connectivity index (χ3n) is 2.15. The second kappa shape index (κ2) is 3.24. The summed E-state index contributed by atoms with van der Waals surface area (Å²) in [7, 11) is -1.41. The first-order valence-corrected chi connectivity index (χ1v) is 4.15. The number of benzene rings is 1. The molecule has 0 amide bonds. The van der Waals surface area contributed by atoms with Crippen LogP contribution in [0.2, 0.25) is 0 Å². The normalized spacial score (nSPS) is 14.2. The van der Waals surface area contributed by atoms with E-state index in [-0.39, 0.29) is 0 Å². The Hall–Kier alpha value is -1.26. The van der Waals surface area contributed by atoms with Gasteiger partial charge in [0, 0.05) is 6.54 Å². The first-order valence-electron chi connectivity index (χ1n) is 4.15. The van der Waals surface area contributed by atoms with Crippen molar-refractivity contribution in [2.45, 2.75) is 6.54 Å². The average molecular weight is 175 g/mol. The summed E-state index contributed by atoms with van der Waals surface area (Å²) >= 11 is 0. The molecule has 0 atom stereocenters. The molecular weight excluding hydrogens is 165 g/mol. The Morgan fingerprint density at radius 3 is 2.77 bits per heavy atom. The highest BCUT2D eigenvalue weighted by Crippen LogP contribution is 2.18. The van der Waals surface area contributed by atoms with E-state index in [1.165, 1.54) is 4.81 Å². The molecule has 0 unspecified atom stereocenters. The van der Waals surface area contributed by atoms with Crippen LogP contribution in [0.5, 0.6) is 0 Å². The highest BCUT2D eigenvalue weighted by Gasteiger charge is 2.20. The van der Waals surface area contributed by atoms with Gasteiger partial charge in [0.25, 0.3) is 0 Å². The van der Waals surface area contributed by atoms with Crippen LogP contribution >= 0.6 is 0 Å². The van der Waals surface area contributed by atoms with E-state index in [0.717, 1.165) is 11.1 Å². The van der Waals surface area contributed by atoms with Crippen molar-refractivity contribution < 1.29 is 10.0 Å². The Kier molecular flexibility index (Phi) is 2.08. The van der Waals surface area contributed by atoms with E-state index in [0.29, 0.717) is 6.54 Å². The fourth-order valence-corrected chi connectivity index (χ4v) is 1.42. The molecule has 2 rings (SSSR count). The van der Waals surface area contributed by atoms with E-state index < -0.39 is 7.25 Å². The number of hydrogen-bond acceptors (Lipinski definition) is 3. The summed E-state index contributed by atoms with van der Waals surface area (Å²) in [6.07, 6.45) is 3.56. The molecule has 4 heteroatoms. The van der Waals surface area contributed by atoms with Crippen LogP contribution in [0.4, 0.5) is 0 Å². The predicted octanol–water partition coefficient (Wildman–Crippen LogP) is 0.442. The molecule has 0 spiro atoms. The van der Waals surface area contributed by atoms with Crippen molar-refractivity contribution in [1.29, 1.82) is 0 Å². The van der Waals surface area contributed by atoms with Gasteiger partial charge in [0.2, 0.25) is 0 Å². The largest absolute Gasteiger partial charge is 0.587 e. The van der Waals surface area contributed by atoms with E-state index in [1.807, 2.05) is 30.3 Å². The van der Waals surface area contributed by atoms with E-state index in [9.17, 15) is 0 Å². The molecule has 1 aromatic carbocycles. The van der Waals surface area contributed by atoms with Gasteiger partial charge >= 0.3 is 7.25 Å². The summed E-state index contributed by atoms with van der Waals surface area (Å²) in [6.45, 7) is 0.546. The molecule has 0 saturated carbocycles. The molecule has 0 aliphatic carbocycles. The summed E-state index contributed by atoms with van der Waals surface area (Å²) in [6, 6.07) is 7.90. The Balaban J connectivity index is 2.29. The van der Waals surface area contributed by atoms with Crippen LogP contribution in [0.25, 0.3) is 6.08 Å². The third-order valence-corrected chi connectivity index (χ3v) is 2.15. The molecule has 0 fully saturated rings. The monoisotopic (exact) mass is 175 g/mol. The van der Waals surface area contributed by atoms with Crippen LogP contribution in [-0.2, 0) is 6.54 Å². The van der Waals surface area contributed by atoms with Gasteiger partial charge < -0.3 is 14.9 Å². The van der Waals surface area contributed by atoms with Crippen molar-refractivity contribution in [2.24, 2.45) is 0 Å². The van der Waals surface area contributed by atoms with Crippen LogP contribution in [0.15, 0.2) is 30.5 Å². The number of rotatable bonds is 1. The molecule has 3 nitrogen and oxygen atoms in total. The van der Waals surface area contributed by atoms with Gasteiger partial charge in [-0.2, -0.15) is 0 Å². The maximum atomic E-state index is 8.93. The standard InChI is InChI=1S/C9H10BNO2/c12-10(13)11-6-5-8-3-1-2-4-9(8)7-11/h1-6,12-13H,7H2. The summed E-state index contributed by atoms with van der Waals surface area (Å²) in [4.78, 5) is 1.46. The molecule has 1 heterocycles. The number of hydrogen-bond donors (Lipinski definition) is 2. The van der Waals surface area contributed by atoms with Gasteiger partial charge in [0.05, 0.1) is 0 Å². The quantitative estimate of drug-likeness (QED) is 0.608. The summed E-state index contributed by atoms with van der Waals surface area (Å²) in [5, 5.41) is 17.9. The SMILES string of the molecule is OB(O)N1C=Cc2ccccc2C1. The van der Waals surface area contributed by atoms with Crippen LogP contribution < -0.4 is 0 Å². The lowest BCUT2D eigenvalue weighted by Gasteiger charge is -2.24. The Bertz CT molecular complexity index is 338. The first-order chi connectivity index (χ1) is 6.27. The fraction of sp³-hybridized carbons (Fsp3) is 0.111.